The number of nitrogens with zero attached hydrogens (tertiary/aromatic N) is 1. The lowest BCUT2D eigenvalue weighted by atomic mass is 10.0. The highest BCUT2D eigenvalue weighted by Gasteiger charge is 2.23. The van der Waals surface area contributed by atoms with Crippen molar-refractivity contribution in [1.29, 1.82) is 0 Å². The van der Waals surface area contributed by atoms with E-state index in [0.717, 1.165) is 16.7 Å². The first-order valence-corrected chi connectivity index (χ1v) is 13.2. The summed E-state index contributed by atoms with van der Waals surface area (Å²) in [6, 6.07) is 29.9. The predicted molar refractivity (Wildman–Crippen MR) is 158 cm³/mol. The van der Waals surface area contributed by atoms with Crippen LogP contribution in [0.5, 0.6) is 5.75 Å². The van der Waals surface area contributed by atoms with Crippen LogP contribution in [0.15, 0.2) is 114 Å². The van der Waals surface area contributed by atoms with E-state index < -0.39 is 17.5 Å². The molecule has 0 bridgehead atoms. The summed E-state index contributed by atoms with van der Waals surface area (Å²) in [4.78, 5) is 31.0. The fraction of sp³-hybridized carbons (Fsp3) is 0.147. The smallest absolute Gasteiger partial charge is 0.340 e. The molecule has 0 atom stereocenters. The summed E-state index contributed by atoms with van der Waals surface area (Å²) in [5, 5.41) is 2.95. The van der Waals surface area contributed by atoms with Gasteiger partial charge in [0.15, 0.2) is 12.2 Å². The number of ether oxygens (including phenoxy) is 2. The zero-order valence-electron chi connectivity index (χ0n) is 23.1. The zero-order chi connectivity index (χ0) is 28.8. The maximum Gasteiger partial charge on any atom is 0.340 e. The molecule has 0 aliphatic rings. The maximum atomic E-state index is 13.9. The number of esters is 1. The van der Waals surface area contributed by atoms with Crippen molar-refractivity contribution in [2.75, 3.05) is 5.32 Å². The van der Waals surface area contributed by atoms with Crippen LogP contribution >= 0.6 is 0 Å². The fourth-order valence-electron chi connectivity index (χ4n) is 4.24. The maximum absolute atomic E-state index is 13.9. The first-order chi connectivity index (χ1) is 19.8. The summed E-state index contributed by atoms with van der Waals surface area (Å²) >= 11 is 0. The average Bonchev–Trinajstić information content (AvgIpc) is 3.51. The van der Waals surface area contributed by atoms with Crippen molar-refractivity contribution in [3.05, 3.63) is 126 Å². The Morgan fingerprint density at radius 2 is 1.51 bits per heavy atom. The molecule has 1 aromatic heterocycles. The largest absolute Gasteiger partial charge is 0.488 e. The van der Waals surface area contributed by atoms with E-state index in [0.29, 0.717) is 22.8 Å². The standard InChI is InChI=1S/C34H30N2O5/c1-34(2,3)41-33(38)27-16-14-25(24-12-8-5-9-13-24)19-29(27)36-32(37)28-18-26(31-20-35-22-40-31)15-17-30(28)39-21-23-10-6-4-7-11-23/h4-20,22H,21H2,1-3H3,(H,36,37). The van der Waals surface area contributed by atoms with E-state index >= 15 is 0 Å². The Balaban J connectivity index is 1.52. The highest BCUT2D eigenvalue weighted by Crippen LogP contribution is 2.31. The third-order valence-corrected chi connectivity index (χ3v) is 6.17. The molecule has 0 fully saturated rings. The fourth-order valence-corrected chi connectivity index (χ4v) is 4.24. The molecule has 0 spiro atoms. The number of anilines is 1. The molecule has 206 valence electrons. The van der Waals surface area contributed by atoms with Gasteiger partial charge in [-0.05, 0) is 67.8 Å². The van der Waals surface area contributed by atoms with Gasteiger partial charge in [-0.1, -0.05) is 66.7 Å². The molecule has 5 rings (SSSR count). The zero-order valence-corrected chi connectivity index (χ0v) is 23.1. The quantitative estimate of drug-likeness (QED) is 0.200. The number of benzene rings is 4. The van der Waals surface area contributed by atoms with E-state index in [4.69, 9.17) is 13.9 Å². The summed E-state index contributed by atoms with van der Waals surface area (Å²) in [5.41, 5.74) is 3.53. The van der Waals surface area contributed by atoms with Crippen molar-refractivity contribution in [2.45, 2.75) is 33.0 Å². The van der Waals surface area contributed by atoms with E-state index in [-0.39, 0.29) is 17.7 Å². The molecule has 0 saturated carbocycles. The molecule has 1 N–H and O–H groups in total. The van der Waals surface area contributed by atoms with Crippen molar-refractivity contribution >= 4 is 17.6 Å². The van der Waals surface area contributed by atoms with Gasteiger partial charge < -0.3 is 19.2 Å². The Morgan fingerprint density at radius 1 is 0.805 bits per heavy atom. The van der Waals surface area contributed by atoms with E-state index in [1.54, 1.807) is 57.3 Å². The molecule has 0 radical (unpaired) electrons. The highest BCUT2D eigenvalue weighted by atomic mass is 16.6. The minimum Gasteiger partial charge on any atom is -0.488 e. The van der Waals surface area contributed by atoms with Gasteiger partial charge in [-0.15, -0.1) is 0 Å². The molecule has 0 aliphatic heterocycles. The van der Waals surface area contributed by atoms with Crippen LogP contribution in [0.1, 0.15) is 47.1 Å². The Bertz CT molecular complexity index is 1640. The van der Waals surface area contributed by atoms with Crippen LogP contribution in [0.3, 0.4) is 0 Å². The topological polar surface area (TPSA) is 90.7 Å². The molecular weight excluding hydrogens is 516 g/mol. The average molecular weight is 547 g/mol. The SMILES string of the molecule is CC(C)(C)OC(=O)c1ccc(-c2ccccc2)cc1NC(=O)c1cc(-c2cnco2)ccc1OCc1ccccc1. The van der Waals surface area contributed by atoms with Crippen LogP contribution in [0.25, 0.3) is 22.5 Å². The monoisotopic (exact) mass is 546 g/mol. The molecule has 7 nitrogen and oxygen atoms in total. The van der Waals surface area contributed by atoms with Crippen molar-refractivity contribution in [3.8, 4) is 28.2 Å². The van der Waals surface area contributed by atoms with Gasteiger partial charge in [-0.2, -0.15) is 0 Å². The molecule has 0 aliphatic carbocycles. The van der Waals surface area contributed by atoms with Crippen molar-refractivity contribution in [3.63, 3.8) is 0 Å². The van der Waals surface area contributed by atoms with Crippen molar-refractivity contribution < 1.29 is 23.5 Å². The summed E-state index contributed by atoms with van der Waals surface area (Å²) in [6.07, 6.45) is 2.91. The lowest BCUT2D eigenvalue weighted by Gasteiger charge is -2.21. The number of rotatable bonds is 8. The molecule has 1 amide bonds. The Hall–Kier alpha value is -5.17. The summed E-state index contributed by atoms with van der Waals surface area (Å²) in [7, 11) is 0. The van der Waals surface area contributed by atoms with Crippen LogP contribution in [-0.2, 0) is 11.3 Å². The summed E-state index contributed by atoms with van der Waals surface area (Å²) in [6.45, 7) is 5.67. The second kappa shape index (κ2) is 11.9. The molecule has 0 unspecified atom stereocenters. The third kappa shape index (κ3) is 6.89. The Morgan fingerprint density at radius 3 is 2.20 bits per heavy atom. The molecule has 5 aromatic rings. The number of oxazole rings is 1. The van der Waals surface area contributed by atoms with E-state index in [9.17, 15) is 9.59 Å². The van der Waals surface area contributed by atoms with Crippen LogP contribution in [0, 0.1) is 0 Å². The summed E-state index contributed by atoms with van der Waals surface area (Å²) in [5.74, 6) is -0.102. The first-order valence-electron chi connectivity index (χ1n) is 13.2. The number of hydrogen-bond donors (Lipinski definition) is 1. The van der Waals surface area contributed by atoms with E-state index in [2.05, 4.69) is 10.3 Å². The molecule has 0 saturated heterocycles. The lowest BCUT2D eigenvalue weighted by molar-refractivity contribution is 0.00707. The van der Waals surface area contributed by atoms with E-state index in [1.807, 2.05) is 66.7 Å². The lowest BCUT2D eigenvalue weighted by Crippen LogP contribution is -2.25. The number of carbonyl (C=O) groups is 2. The van der Waals surface area contributed by atoms with Crippen LogP contribution in [0.4, 0.5) is 5.69 Å². The van der Waals surface area contributed by atoms with Gasteiger partial charge in [0, 0.05) is 5.56 Å². The van der Waals surface area contributed by atoms with Crippen LogP contribution < -0.4 is 10.1 Å². The van der Waals surface area contributed by atoms with E-state index in [1.165, 1.54) is 6.39 Å². The van der Waals surface area contributed by atoms with Crippen molar-refractivity contribution in [2.24, 2.45) is 0 Å². The van der Waals surface area contributed by atoms with Crippen LogP contribution in [-0.4, -0.2) is 22.5 Å². The van der Waals surface area contributed by atoms with Gasteiger partial charge in [0.25, 0.3) is 5.91 Å². The molecule has 7 heteroatoms. The molecule has 41 heavy (non-hydrogen) atoms. The Kier molecular flexibility index (Phi) is 7.97. The van der Waals surface area contributed by atoms with Gasteiger partial charge in [0.05, 0.1) is 23.0 Å². The predicted octanol–water partition coefficient (Wildman–Crippen LogP) is 7.80. The minimum absolute atomic E-state index is 0.242. The van der Waals surface area contributed by atoms with Crippen LogP contribution in [0.2, 0.25) is 0 Å². The number of carbonyl (C=O) groups excluding carboxylic acids is 2. The molecule has 4 aromatic carbocycles. The number of nitrogens with one attached hydrogen (secondary N) is 1. The molecule has 1 heterocycles. The number of hydrogen-bond acceptors (Lipinski definition) is 6. The van der Waals surface area contributed by atoms with Crippen molar-refractivity contribution in [1.82, 2.24) is 4.98 Å². The molecular formula is C34H30N2O5. The van der Waals surface area contributed by atoms with Gasteiger partial charge in [-0.25, -0.2) is 9.78 Å². The normalized spacial score (nSPS) is 11.1. The van der Waals surface area contributed by atoms with Gasteiger partial charge in [0.1, 0.15) is 18.0 Å². The second-order valence-electron chi connectivity index (χ2n) is 10.4. The summed E-state index contributed by atoms with van der Waals surface area (Å²) < 4.78 is 17.2. The van der Waals surface area contributed by atoms with Gasteiger partial charge in [-0.3, -0.25) is 4.79 Å². The third-order valence-electron chi connectivity index (χ3n) is 6.17. The highest BCUT2D eigenvalue weighted by molar-refractivity contribution is 6.10. The second-order valence-corrected chi connectivity index (χ2v) is 10.4. The Labute approximate surface area is 238 Å². The number of aromatic nitrogens is 1. The first kappa shape index (κ1) is 27.4. The van der Waals surface area contributed by atoms with Gasteiger partial charge >= 0.3 is 5.97 Å². The number of amides is 1. The van der Waals surface area contributed by atoms with Gasteiger partial charge in [0.2, 0.25) is 0 Å². The minimum atomic E-state index is -0.708.